The van der Waals surface area contributed by atoms with Gasteiger partial charge in [0.15, 0.2) is 5.69 Å². The summed E-state index contributed by atoms with van der Waals surface area (Å²) in [6, 6.07) is 0. The summed E-state index contributed by atoms with van der Waals surface area (Å²) in [6.45, 7) is 26.4. The van der Waals surface area contributed by atoms with Gasteiger partial charge < -0.3 is 14.8 Å². The third-order valence-electron chi connectivity index (χ3n) is 6.76. The van der Waals surface area contributed by atoms with Crippen molar-refractivity contribution < 1.29 is 14.3 Å². The van der Waals surface area contributed by atoms with Crippen molar-refractivity contribution in [2.45, 2.75) is 106 Å². The molecule has 0 saturated heterocycles. The SMILES string of the molecule is C=C(/C=C\C(=C/C)CC1CC1)CNC(=O)c1nn(C(C)(C)C)c(OC(=C)/C(C)=C\C=C/C)c1C.CC.O=CCC=C1CC1. The molecule has 0 aromatic carbocycles. The highest BCUT2D eigenvalue weighted by atomic mass is 16.5. The lowest BCUT2D eigenvalue weighted by molar-refractivity contribution is -0.107. The molecule has 0 aliphatic heterocycles. The Bertz CT molecular complexity index is 1250. The fraction of sp³-hybridized carbons (Fsp3) is 0.486. The van der Waals surface area contributed by atoms with Crippen LogP contribution < -0.4 is 10.1 Å². The zero-order chi connectivity index (χ0) is 32.6. The number of carbonyl (C=O) groups is 2. The highest BCUT2D eigenvalue weighted by molar-refractivity contribution is 5.94. The minimum Gasteiger partial charge on any atom is -0.439 e. The van der Waals surface area contributed by atoms with E-state index in [1.165, 1.54) is 36.8 Å². The number of hydrogen-bond acceptors (Lipinski definition) is 4. The van der Waals surface area contributed by atoms with Gasteiger partial charge in [0.2, 0.25) is 5.88 Å². The van der Waals surface area contributed by atoms with Crippen LogP contribution >= 0.6 is 0 Å². The Morgan fingerprint density at radius 2 is 1.79 bits per heavy atom. The lowest BCUT2D eigenvalue weighted by atomic mass is 10.1. The highest BCUT2D eigenvalue weighted by Gasteiger charge is 2.28. The van der Waals surface area contributed by atoms with Gasteiger partial charge in [-0.2, -0.15) is 5.10 Å². The summed E-state index contributed by atoms with van der Waals surface area (Å²) in [5.41, 5.74) is 5.14. The van der Waals surface area contributed by atoms with E-state index in [0.717, 1.165) is 29.8 Å². The van der Waals surface area contributed by atoms with Gasteiger partial charge >= 0.3 is 0 Å². The van der Waals surface area contributed by atoms with Crippen molar-refractivity contribution in [2.24, 2.45) is 5.92 Å². The molecule has 236 valence electrons. The molecular formula is C37H55N3O3. The number of aldehydes is 1. The minimum atomic E-state index is -0.378. The van der Waals surface area contributed by atoms with Gasteiger partial charge in [-0.3, -0.25) is 4.79 Å². The second-order valence-electron chi connectivity index (χ2n) is 11.7. The van der Waals surface area contributed by atoms with Crippen LogP contribution in [0.3, 0.4) is 0 Å². The third-order valence-corrected chi connectivity index (χ3v) is 6.76. The largest absolute Gasteiger partial charge is 0.439 e. The Hall–Kier alpha value is -3.67. The number of aromatic nitrogens is 2. The lowest BCUT2D eigenvalue weighted by Crippen LogP contribution is -2.28. The predicted molar refractivity (Wildman–Crippen MR) is 181 cm³/mol. The molecule has 0 bridgehead atoms. The van der Waals surface area contributed by atoms with Crippen molar-refractivity contribution in [3.05, 3.63) is 95.0 Å². The fourth-order valence-corrected chi connectivity index (χ4v) is 3.79. The number of hydrogen-bond donors (Lipinski definition) is 1. The average molecular weight is 590 g/mol. The molecule has 1 aromatic heterocycles. The summed E-state index contributed by atoms with van der Waals surface area (Å²) in [5.74, 6) is 1.62. The molecule has 0 spiro atoms. The lowest BCUT2D eigenvalue weighted by Gasteiger charge is -2.22. The molecule has 3 rings (SSSR count). The normalized spacial score (nSPS) is 14.9. The van der Waals surface area contributed by atoms with Gasteiger partial charge in [-0.25, -0.2) is 4.68 Å². The molecule has 0 radical (unpaired) electrons. The van der Waals surface area contributed by atoms with E-state index in [0.29, 0.717) is 35.9 Å². The van der Waals surface area contributed by atoms with E-state index in [1.807, 2.05) is 85.8 Å². The quantitative estimate of drug-likeness (QED) is 0.108. The van der Waals surface area contributed by atoms with Crippen LogP contribution in [-0.2, 0) is 10.3 Å². The van der Waals surface area contributed by atoms with Crippen molar-refractivity contribution in [1.29, 1.82) is 0 Å². The molecule has 1 N–H and O–H groups in total. The molecule has 2 fully saturated rings. The number of nitrogens with one attached hydrogen (secondary N) is 1. The number of nitrogens with zero attached hydrogens (tertiary/aromatic N) is 2. The van der Waals surface area contributed by atoms with Gasteiger partial charge in [-0.05, 0) is 97.6 Å². The molecule has 43 heavy (non-hydrogen) atoms. The highest BCUT2D eigenvalue weighted by Crippen LogP contribution is 2.35. The standard InChI is InChI=1S/C29H41N3O2.C6H8O.C2H6/c1-10-12-13-21(4)23(6)34-28-22(5)26(31-32(28)29(7,8)9)27(33)30-19-20(3)14-15-24(11-2)18-25-16-17-25;7-5-1-2-6-3-4-6;1-2/h10-15,25H,3,6,16-19H2,1-2,4-5,7-9H3,(H,30,33);2,5H,1,3-4H2;1-2H3/b12-10-,15-14-,21-13-,24-11+;;. The topological polar surface area (TPSA) is 73.2 Å². The molecule has 6 heteroatoms. The molecule has 1 aromatic rings. The number of ether oxygens (including phenoxy) is 1. The summed E-state index contributed by atoms with van der Waals surface area (Å²) in [6.07, 6.45) is 21.8. The van der Waals surface area contributed by atoms with Crippen LogP contribution in [-0.4, -0.2) is 28.5 Å². The monoisotopic (exact) mass is 589 g/mol. The molecule has 1 amide bonds. The number of amides is 1. The van der Waals surface area contributed by atoms with Crippen molar-refractivity contribution in [1.82, 2.24) is 15.1 Å². The molecule has 0 unspecified atom stereocenters. The maximum Gasteiger partial charge on any atom is 0.272 e. The Labute approximate surface area is 261 Å². The first-order valence-corrected chi connectivity index (χ1v) is 15.6. The van der Waals surface area contributed by atoms with Crippen LogP contribution in [0.2, 0.25) is 0 Å². The molecule has 2 saturated carbocycles. The van der Waals surface area contributed by atoms with Crippen molar-refractivity contribution in [3.63, 3.8) is 0 Å². The zero-order valence-corrected chi connectivity index (χ0v) is 28.2. The summed E-state index contributed by atoms with van der Waals surface area (Å²) < 4.78 is 7.87. The summed E-state index contributed by atoms with van der Waals surface area (Å²) in [5, 5.41) is 7.56. The van der Waals surface area contributed by atoms with Gasteiger partial charge in [0.1, 0.15) is 12.0 Å². The second kappa shape index (κ2) is 18.8. The van der Waals surface area contributed by atoms with Crippen LogP contribution in [0.15, 0.2) is 83.7 Å². The summed E-state index contributed by atoms with van der Waals surface area (Å²) in [7, 11) is 0. The van der Waals surface area contributed by atoms with E-state index < -0.39 is 0 Å². The molecule has 6 nitrogen and oxygen atoms in total. The van der Waals surface area contributed by atoms with E-state index in [-0.39, 0.29) is 11.4 Å². The van der Waals surface area contributed by atoms with Gasteiger partial charge in [-0.15, -0.1) is 0 Å². The fourth-order valence-electron chi connectivity index (χ4n) is 3.79. The molecule has 1 heterocycles. The summed E-state index contributed by atoms with van der Waals surface area (Å²) in [4.78, 5) is 22.7. The van der Waals surface area contributed by atoms with E-state index >= 15 is 0 Å². The Balaban J connectivity index is 0.000000883. The van der Waals surface area contributed by atoms with Crippen LogP contribution in [0, 0.1) is 12.8 Å². The van der Waals surface area contributed by atoms with E-state index in [2.05, 4.69) is 42.6 Å². The van der Waals surface area contributed by atoms with Crippen LogP contribution in [0.4, 0.5) is 0 Å². The average Bonchev–Trinajstić information content (AvgIpc) is 3.92. The maximum atomic E-state index is 13.0. The Kier molecular flexibility index (Phi) is 16.3. The van der Waals surface area contributed by atoms with Gasteiger partial charge in [0, 0.05) is 18.5 Å². The van der Waals surface area contributed by atoms with Crippen molar-refractivity contribution >= 4 is 12.2 Å². The maximum absolute atomic E-state index is 13.0. The molecular weight excluding hydrogens is 534 g/mol. The number of carbonyl (C=O) groups excluding carboxylic acids is 2. The van der Waals surface area contributed by atoms with Gasteiger partial charge in [0.25, 0.3) is 5.91 Å². The van der Waals surface area contributed by atoms with Crippen LogP contribution in [0.5, 0.6) is 5.88 Å². The first-order chi connectivity index (χ1) is 20.4. The molecule has 0 atom stereocenters. The predicted octanol–water partition coefficient (Wildman–Crippen LogP) is 9.27. The second-order valence-corrected chi connectivity index (χ2v) is 11.7. The Morgan fingerprint density at radius 1 is 1.14 bits per heavy atom. The van der Waals surface area contributed by atoms with E-state index in [9.17, 15) is 9.59 Å². The first-order valence-electron chi connectivity index (χ1n) is 15.6. The minimum absolute atomic E-state index is 0.254. The molecule has 2 aliphatic rings. The number of rotatable bonds is 13. The van der Waals surface area contributed by atoms with Gasteiger partial charge in [0.05, 0.1) is 5.54 Å². The smallest absolute Gasteiger partial charge is 0.272 e. The van der Waals surface area contributed by atoms with E-state index in [4.69, 9.17) is 4.74 Å². The first kappa shape index (κ1) is 37.4. The van der Waals surface area contributed by atoms with Crippen LogP contribution in [0.1, 0.15) is 110 Å². The van der Waals surface area contributed by atoms with Gasteiger partial charge in [-0.1, -0.05) is 80.7 Å². The zero-order valence-electron chi connectivity index (χ0n) is 28.2. The van der Waals surface area contributed by atoms with E-state index in [1.54, 1.807) is 4.68 Å². The van der Waals surface area contributed by atoms with Crippen LogP contribution in [0.25, 0.3) is 0 Å². The van der Waals surface area contributed by atoms with Crippen molar-refractivity contribution in [3.8, 4) is 5.88 Å². The third kappa shape index (κ3) is 13.9. The summed E-state index contributed by atoms with van der Waals surface area (Å²) >= 11 is 0. The molecule has 2 aliphatic carbocycles. The number of allylic oxidation sites excluding steroid dienone is 9. The Morgan fingerprint density at radius 3 is 2.30 bits per heavy atom. The van der Waals surface area contributed by atoms with Crippen molar-refractivity contribution in [2.75, 3.05) is 6.54 Å².